The summed E-state index contributed by atoms with van der Waals surface area (Å²) < 4.78 is 38.9. The van der Waals surface area contributed by atoms with E-state index in [0.717, 1.165) is 42.5 Å². The van der Waals surface area contributed by atoms with Crippen LogP contribution in [0.25, 0.3) is 11.3 Å². The number of hydrogen-bond donors (Lipinski definition) is 3. The average Bonchev–Trinajstić information content (AvgIpc) is 2.74. The van der Waals surface area contributed by atoms with Crippen molar-refractivity contribution in [1.29, 1.82) is 0 Å². The normalized spacial score (nSPS) is 16.2. The molecule has 0 radical (unpaired) electrons. The summed E-state index contributed by atoms with van der Waals surface area (Å²) in [6.07, 6.45) is -0.490. The molecular weight excluding hydrogens is 407 g/mol. The number of aryl methyl sites for hydroxylation is 1. The first-order chi connectivity index (χ1) is 14.7. The van der Waals surface area contributed by atoms with E-state index in [2.05, 4.69) is 25.6 Å². The number of nitrogens with one attached hydrogen (secondary N) is 2. The van der Waals surface area contributed by atoms with Gasteiger partial charge in [-0.1, -0.05) is 0 Å². The lowest BCUT2D eigenvalue weighted by atomic mass is 9.88. The largest absolute Gasteiger partial charge is 0.416 e. The minimum atomic E-state index is -4.45. The van der Waals surface area contributed by atoms with Crippen LogP contribution in [0.2, 0.25) is 0 Å². The Balaban J connectivity index is 1.58. The first kappa shape index (κ1) is 21.2. The zero-order chi connectivity index (χ0) is 22.1. The Morgan fingerprint density at radius 3 is 2.48 bits per heavy atom. The molecule has 0 aromatic carbocycles. The summed E-state index contributed by atoms with van der Waals surface area (Å²) in [4.78, 5) is 12.9. The van der Waals surface area contributed by atoms with Crippen molar-refractivity contribution < 1.29 is 18.3 Å². The molecule has 0 spiro atoms. The number of rotatable bonds is 4. The molecule has 0 aliphatic carbocycles. The summed E-state index contributed by atoms with van der Waals surface area (Å²) in [5, 5.41) is 16.9. The molecule has 9 heteroatoms. The molecular formula is C22H22F3N5O. The van der Waals surface area contributed by atoms with Crippen LogP contribution in [-0.4, -0.2) is 33.1 Å². The van der Waals surface area contributed by atoms with Crippen LogP contribution in [0, 0.1) is 6.92 Å². The van der Waals surface area contributed by atoms with Crippen molar-refractivity contribution in [2.75, 3.05) is 18.4 Å². The summed E-state index contributed by atoms with van der Waals surface area (Å²) >= 11 is 0. The van der Waals surface area contributed by atoms with Gasteiger partial charge in [0.2, 0.25) is 0 Å². The number of anilines is 2. The van der Waals surface area contributed by atoms with Gasteiger partial charge in [0.15, 0.2) is 0 Å². The molecule has 31 heavy (non-hydrogen) atoms. The van der Waals surface area contributed by atoms with Crippen molar-refractivity contribution >= 4 is 11.6 Å². The molecule has 0 unspecified atom stereocenters. The van der Waals surface area contributed by atoms with E-state index in [-0.39, 0.29) is 5.82 Å². The van der Waals surface area contributed by atoms with E-state index < -0.39 is 17.3 Å². The van der Waals surface area contributed by atoms with E-state index in [1.165, 1.54) is 0 Å². The fourth-order valence-corrected chi connectivity index (χ4v) is 3.60. The van der Waals surface area contributed by atoms with Gasteiger partial charge >= 0.3 is 6.18 Å². The maximum atomic E-state index is 13.0. The SMILES string of the molecule is Cc1cc(Nc2cc(C(F)(F)F)ccn2)nc(-c2ccc(C3(O)CCNCC3)nc2)c1. The lowest BCUT2D eigenvalue weighted by Crippen LogP contribution is -2.40. The third-order valence-corrected chi connectivity index (χ3v) is 5.28. The minimum Gasteiger partial charge on any atom is -0.383 e. The molecule has 1 aliphatic rings. The fraction of sp³-hybridized carbons (Fsp3) is 0.318. The van der Waals surface area contributed by atoms with E-state index >= 15 is 0 Å². The Hall–Kier alpha value is -3.04. The second-order valence-electron chi connectivity index (χ2n) is 7.68. The van der Waals surface area contributed by atoms with Crippen molar-refractivity contribution in [1.82, 2.24) is 20.3 Å². The average molecular weight is 429 g/mol. The van der Waals surface area contributed by atoms with Crippen molar-refractivity contribution in [3.8, 4) is 11.3 Å². The molecule has 1 fully saturated rings. The molecule has 0 amide bonds. The molecule has 3 aromatic heterocycles. The quantitative estimate of drug-likeness (QED) is 0.577. The van der Waals surface area contributed by atoms with E-state index in [4.69, 9.17) is 0 Å². The molecule has 0 atom stereocenters. The molecule has 3 aromatic rings. The molecule has 0 bridgehead atoms. The Morgan fingerprint density at radius 1 is 1.03 bits per heavy atom. The van der Waals surface area contributed by atoms with Crippen molar-refractivity contribution in [3.63, 3.8) is 0 Å². The zero-order valence-corrected chi connectivity index (χ0v) is 16.9. The smallest absolute Gasteiger partial charge is 0.383 e. The van der Waals surface area contributed by atoms with Gasteiger partial charge in [0.1, 0.15) is 17.2 Å². The summed E-state index contributed by atoms with van der Waals surface area (Å²) in [5.74, 6) is 0.434. The molecule has 3 N–H and O–H groups in total. The van der Waals surface area contributed by atoms with Gasteiger partial charge in [0.05, 0.1) is 17.0 Å². The van der Waals surface area contributed by atoms with E-state index in [9.17, 15) is 18.3 Å². The van der Waals surface area contributed by atoms with Crippen LogP contribution < -0.4 is 10.6 Å². The summed E-state index contributed by atoms with van der Waals surface area (Å²) in [5.41, 5.74) is 1.13. The van der Waals surface area contributed by atoms with E-state index in [1.54, 1.807) is 18.3 Å². The molecule has 162 valence electrons. The van der Waals surface area contributed by atoms with Crippen LogP contribution in [-0.2, 0) is 11.8 Å². The van der Waals surface area contributed by atoms with Crippen LogP contribution in [0.15, 0.2) is 48.8 Å². The summed E-state index contributed by atoms with van der Waals surface area (Å²) in [6.45, 7) is 3.34. The number of hydrogen-bond acceptors (Lipinski definition) is 6. The predicted molar refractivity (Wildman–Crippen MR) is 111 cm³/mol. The topological polar surface area (TPSA) is 83.0 Å². The van der Waals surface area contributed by atoms with Gasteiger partial charge in [-0.05, 0) is 74.8 Å². The van der Waals surface area contributed by atoms with Crippen LogP contribution in [0.4, 0.5) is 24.8 Å². The van der Waals surface area contributed by atoms with Crippen molar-refractivity contribution in [2.24, 2.45) is 0 Å². The number of piperidine rings is 1. The van der Waals surface area contributed by atoms with Crippen LogP contribution in [0.3, 0.4) is 0 Å². The lowest BCUT2D eigenvalue weighted by Gasteiger charge is -2.32. The Kier molecular flexibility index (Phi) is 5.63. The Morgan fingerprint density at radius 2 is 1.81 bits per heavy atom. The lowest BCUT2D eigenvalue weighted by molar-refractivity contribution is -0.137. The number of nitrogens with zero attached hydrogens (tertiary/aromatic N) is 3. The number of pyridine rings is 3. The van der Waals surface area contributed by atoms with Crippen LogP contribution in [0.5, 0.6) is 0 Å². The van der Waals surface area contributed by atoms with Gasteiger partial charge in [-0.25, -0.2) is 9.97 Å². The Bertz CT molecular complexity index is 1060. The summed E-state index contributed by atoms with van der Waals surface area (Å²) in [7, 11) is 0. The fourth-order valence-electron chi connectivity index (χ4n) is 3.60. The molecule has 1 saturated heterocycles. The van der Waals surface area contributed by atoms with Crippen molar-refractivity contribution in [2.45, 2.75) is 31.5 Å². The Labute approximate surface area is 177 Å². The van der Waals surface area contributed by atoms with Crippen molar-refractivity contribution in [3.05, 3.63) is 65.6 Å². The molecule has 4 rings (SSSR count). The first-order valence-electron chi connectivity index (χ1n) is 9.92. The van der Waals surface area contributed by atoms with Gasteiger partial charge < -0.3 is 15.7 Å². The second kappa shape index (κ2) is 8.24. The minimum absolute atomic E-state index is 0.0560. The summed E-state index contributed by atoms with van der Waals surface area (Å²) in [6, 6.07) is 9.10. The maximum Gasteiger partial charge on any atom is 0.416 e. The number of alkyl halides is 3. The molecule has 1 aliphatic heterocycles. The number of aromatic nitrogens is 3. The third kappa shape index (κ3) is 4.83. The zero-order valence-electron chi connectivity index (χ0n) is 16.9. The van der Waals surface area contributed by atoms with Crippen LogP contribution in [0.1, 0.15) is 29.7 Å². The number of halogens is 3. The highest BCUT2D eigenvalue weighted by Crippen LogP contribution is 2.32. The maximum absolute atomic E-state index is 13.0. The highest BCUT2D eigenvalue weighted by molar-refractivity contribution is 5.64. The molecule has 4 heterocycles. The van der Waals surface area contributed by atoms with Gasteiger partial charge in [0.25, 0.3) is 0 Å². The standard InChI is InChI=1S/C22H22F3N5O/c1-14-10-17(15-2-3-18(28-13-15)21(31)5-8-26-9-6-21)29-20(11-14)30-19-12-16(4-7-27-19)22(23,24)25/h2-4,7,10-13,26,31H,5-6,8-9H2,1H3,(H,27,29,30). The van der Waals surface area contributed by atoms with E-state index in [1.807, 2.05) is 19.1 Å². The van der Waals surface area contributed by atoms with E-state index in [0.29, 0.717) is 30.0 Å². The van der Waals surface area contributed by atoms with Crippen LogP contribution >= 0.6 is 0 Å². The predicted octanol–water partition coefficient (Wildman–Crippen LogP) is 4.18. The van der Waals surface area contributed by atoms with Gasteiger partial charge in [-0.3, -0.25) is 4.98 Å². The third-order valence-electron chi connectivity index (χ3n) is 5.28. The first-order valence-corrected chi connectivity index (χ1v) is 9.92. The van der Waals surface area contributed by atoms with Gasteiger partial charge in [-0.15, -0.1) is 0 Å². The monoisotopic (exact) mass is 429 g/mol. The number of aliphatic hydroxyl groups is 1. The van der Waals surface area contributed by atoms with Gasteiger partial charge in [0, 0.05) is 18.0 Å². The van der Waals surface area contributed by atoms with Gasteiger partial charge in [-0.2, -0.15) is 13.2 Å². The highest BCUT2D eigenvalue weighted by Gasteiger charge is 2.32. The molecule has 0 saturated carbocycles. The second-order valence-corrected chi connectivity index (χ2v) is 7.68. The molecule has 6 nitrogen and oxygen atoms in total. The highest BCUT2D eigenvalue weighted by atomic mass is 19.4.